The zero-order valence-electron chi connectivity index (χ0n) is 9.87. The first kappa shape index (κ1) is 13.5. The molecular formula is C13H10BrClN2S. The second-order valence-corrected chi connectivity index (χ2v) is 6.58. The molecule has 2 aromatic rings. The molecule has 1 aromatic carbocycles. The Morgan fingerprint density at radius 3 is 2.78 bits per heavy atom. The molecule has 0 aliphatic rings. The van der Waals surface area contributed by atoms with E-state index in [-0.39, 0.29) is 0 Å². The van der Waals surface area contributed by atoms with Gasteiger partial charge in [-0.05, 0) is 26.0 Å². The van der Waals surface area contributed by atoms with Gasteiger partial charge in [0.25, 0.3) is 0 Å². The van der Waals surface area contributed by atoms with E-state index in [0.717, 1.165) is 20.7 Å². The first-order chi connectivity index (χ1) is 8.44. The highest BCUT2D eigenvalue weighted by Crippen LogP contribution is 2.34. The predicted molar refractivity (Wildman–Crippen MR) is 78.9 cm³/mol. The minimum atomic E-state index is -0.565. The second kappa shape index (κ2) is 5.00. The summed E-state index contributed by atoms with van der Waals surface area (Å²) in [6.45, 7) is 3.72. The van der Waals surface area contributed by atoms with Gasteiger partial charge in [-0.25, -0.2) is 4.98 Å². The molecule has 0 saturated heterocycles. The van der Waals surface area contributed by atoms with Crippen molar-refractivity contribution in [2.24, 2.45) is 0 Å². The van der Waals surface area contributed by atoms with Gasteiger partial charge in [-0.2, -0.15) is 5.26 Å². The van der Waals surface area contributed by atoms with Crippen molar-refractivity contribution in [2.45, 2.75) is 19.3 Å². The summed E-state index contributed by atoms with van der Waals surface area (Å²) in [7, 11) is 0. The van der Waals surface area contributed by atoms with Crippen molar-refractivity contribution in [3.05, 3.63) is 38.1 Å². The maximum atomic E-state index is 9.10. The van der Waals surface area contributed by atoms with Gasteiger partial charge >= 0.3 is 0 Å². The van der Waals surface area contributed by atoms with E-state index in [1.54, 1.807) is 0 Å². The fourth-order valence-electron chi connectivity index (χ4n) is 1.43. The van der Waals surface area contributed by atoms with Crippen LogP contribution in [0.4, 0.5) is 0 Å². The normalized spacial score (nSPS) is 11.3. The fourth-order valence-corrected chi connectivity index (χ4v) is 3.09. The molecule has 1 heterocycles. The van der Waals surface area contributed by atoms with E-state index >= 15 is 0 Å². The monoisotopic (exact) mass is 340 g/mol. The molecule has 0 saturated carbocycles. The molecule has 0 N–H and O–H groups in total. The average molecular weight is 342 g/mol. The number of benzene rings is 1. The Hall–Kier alpha value is -0.890. The Balaban J connectivity index is 2.45. The number of hydrogen-bond acceptors (Lipinski definition) is 3. The van der Waals surface area contributed by atoms with Gasteiger partial charge in [-0.3, -0.25) is 0 Å². The Labute approximate surface area is 123 Å². The summed E-state index contributed by atoms with van der Waals surface area (Å²) < 4.78 is 0.934. The van der Waals surface area contributed by atoms with Crippen molar-refractivity contribution in [3.8, 4) is 17.3 Å². The van der Waals surface area contributed by atoms with Gasteiger partial charge < -0.3 is 0 Å². The van der Waals surface area contributed by atoms with Crippen LogP contribution in [0.5, 0.6) is 0 Å². The molecule has 18 heavy (non-hydrogen) atoms. The SMILES string of the molecule is CC(C)(C#N)c1nc(-c2ccc(Br)cc2Cl)cs1. The molecule has 92 valence electrons. The van der Waals surface area contributed by atoms with E-state index in [4.69, 9.17) is 16.9 Å². The van der Waals surface area contributed by atoms with Crippen LogP contribution < -0.4 is 0 Å². The lowest BCUT2D eigenvalue weighted by atomic mass is 9.97. The molecule has 0 fully saturated rings. The summed E-state index contributed by atoms with van der Waals surface area (Å²) >= 11 is 11.0. The van der Waals surface area contributed by atoms with Crippen LogP contribution >= 0.6 is 38.9 Å². The molecule has 2 rings (SSSR count). The van der Waals surface area contributed by atoms with Crippen molar-refractivity contribution >= 4 is 38.9 Å². The highest BCUT2D eigenvalue weighted by Gasteiger charge is 2.24. The Bertz CT molecular complexity index is 628. The zero-order valence-corrected chi connectivity index (χ0v) is 13.0. The van der Waals surface area contributed by atoms with Gasteiger partial charge in [0.1, 0.15) is 10.4 Å². The molecule has 0 aliphatic carbocycles. The molecule has 0 atom stereocenters. The molecular weight excluding hydrogens is 332 g/mol. The lowest BCUT2D eigenvalue weighted by molar-refractivity contribution is 0.680. The minimum Gasteiger partial charge on any atom is -0.239 e. The molecule has 0 spiro atoms. The fraction of sp³-hybridized carbons (Fsp3) is 0.231. The van der Waals surface area contributed by atoms with Crippen molar-refractivity contribution in [3.63, 3.8) is 0 Å². The summed E-state index contributed by atoms with van der Waals surface area (Å²) in [5, 5.41) is 12.5. The molecule has 2 nitrogen and oxygen atoms in total. The van der Waals surface area contributed by atoms with Gasteiger partial charge in [0, 0.05) is 15.4 Å². The lowest BCUT2D eigenvalue weighted by Gasteiger charge is -2.10. The van der Waals surface area contributed by atoms with Crippen molar-refractivity contribution in [2.75, 3.05) is 0 Å². The maximum absolute atomic E-state index is 9.10. The molecule has 0 unspecified atom stereocenters. The Morgan fingerprint density at radius 1 is 1.44 bits per heavy atom. The van der Waals surface area contributed by atoms with E-state index in [0.29, 0.717) is 5.02 Å². The second-order valence-electron chi connectivity index (χ2n) is 4.40. The van der Waals surface area contributed by atoms with E-state index in [2.05, 4.69) is 27.0 Å². The first-order valence-corrected chi connectivity index (χ1v) is 7.32. The number of rotatable bonds is 2. The molecule has 0 radical (unpaired) electrons. The number of halogens is 2. The molecule has 1 aromatic heterocycles. The van der Waals surface area contributed by atoms with Crippen LogP contribution in [0.1, 0.15) is 18.9 Å². The first-order valence-electron chi connectivity index (χ1n) is 5.27. The predicted octanol–water partition coefficient (Wildman–Crippen LogP) is 5.03. The zero-order chi connectivity index (χ0) is 13.3. The van der Waals surface area contributed by atoms with Crippen LogP contribution in [0.3, 0.4) is 0 Å². The quantitative estimate of drug-likeness (QED) is 0.768. The van der Waals surface area contributed by atoms with Gasteiger partial charge in [0.2, 0.25) is 0 Å². The van der Waals surface area contributed by atoms with Gasteiger partial charge in [-0.15, -0.1) is 11.3 Å². The topological polar surface area (TPSA) is 36.7 Å². The van der Waals surface area contributed by atoms with Crippen LogP contribution in [-0.2, 0) is 5.41 Å². The van der Waals surface area contributed by atoms with E-state index in [9.17, 15) is 0 Å². The number of hydrogen-bond donors (Lipinski definition) is 0. The average Bonchev–Trinajstić information content (AvgIpc) is 2.79. The lowest BCUT2D eigenvalue weighted by Crippen LogP contribution is -2.13. The Kier molecular flexibility index (Phi) is 3.76. The number of nitriles is 1. The van der Waals surface area contributed by atoms with Gasteiger partial charge in [0.05, 0.1) is 16.8 Å². The number of nitrogens with zero attached hydrogens (tertiary/aromatic N) is 2. The highest BCUT2D eigenvalue weighted by molar-refractivity contribution is 9.10. The largest absolute Gasteiger partial charge is 0.239 e. The Morgan fingerprint density at radius 2 is 2.17 bits per heavy atom. The summed E-state index contributed by atoms with van der Waals surface area (Å²) in [5.41, 5.74) is 1.14. The molecule has 5 heteroatoms. The third-order valence-corrected chi connectivity index (χ3v) is 4.50. The summed E-state index contributed by atoms with van der Waals surface area (Å²) in [4.78, 5) is 4.51. The van der Waals surface area contributed by atoms with Crippen LogP contribution in [0.15, 0.2) is 28.1 Å². The summed E-state index contributed by atoms with van der Waals surface area (Å²) in [6.07, 6.45) is 0. The summed E-state index contributed by atoms with van der Waals surface area (Å²) in [5.74, 6) is 0. The van der Waals surface area contributed by atoms with Crippen LogP contribution in [0.25, 0.3) is 11.3 Å². The van der Waals surface area contributed by atoms with E-state index in [1.165, 1.54) is 11.3 Å². The van der Waals surface area contributed by atoms with Crippen molar-refractivity contribution in [1.82, 2.24) is 4.98 Å². The minimum absolute atomic E-state index is 0.565. The molecule has 0 amide bonds. The third-order valence-electron chi connectivity index (χ3n) is 2.53. The molecule has 0 aliphatic heterocycles. The number of aromatic nitrogens is 1. The summed E-state index contributed by atoms with van der Waals surface area (Å²) in [6, 6.07) is 7.94. The van der Waals surface area contributed by atoms with Crippen molar-refractivity contribution in [1.29, 1.82) is 5.26 Å². The van der Waals surface area contributed by atoms with Crippen LogP contribution in [0.2, 0.25) is 5.02 Å². The standard InChI is InChI=1S/C13H10BrClN2S/c1-13(2,7-16)12-17-11(6-18-12)9-4-3-8(14)5-10(9)15/h3-6H,1-2H3. The van der Waals surface area contributed by atoms with Crippen molar-refractivity contribution < 1.29 is 0 Å². The highest BCUT2D eigenvalue weighted by atomic mass is 79.9. The van der Waals surface area contributed by atoms with E-state index in [1.807, 2.05) is 37.4 Å². The third kappa shape index (κ3) is 2.59. The van der Waals surface area contributed by atoms with Crippen LogP contribution in [0, 0.1) is 11.3 Å². The number of thiazole rings is 1. The maximum Gasteiger partial charge on any atom is 0.113 e. The van der Waals surface area contributed by atoms with Gasteiger partial charge in [0.15, 0.2) is 0 Å². The van der Waals surface area contributed by atoms with Crippen LogP contribution in [-0.4, -0.2) is 4.98 Å². The smallest absolute Gasteiger partial charge is 0.113 e. The van der Waals surface area contributed by atoms with Gasteiger partial charge in [-0.1, -0.05) is 33.6 Å². The van der Waals surface area contributed by atoms with E-state index < -0.39 is 5.41 Å². The molecule has 0 bridgehead atoms.